The van der Waals surface area contributed by atoms with Crippen molar-refractivity contribution in [3.63, 3.8) is 0 Å². The molecule has 6 heteroatoms. The minimum Gasteiger partial charge on any atom is -0.382 e. The molecule has 0 saturated heterocycles. The Balaban J connectivity index is 2.85. The molecule has 0 saturated carbocycles. The second-order valence-electron chi connectivity index (χ2n) is 3.33. The van der Waals surface area contributed by atoms with Gasteiger partial charge in [0.2, 0.25) is 0 Å². The largest absolute Gasteiger partial charge is 0.382 e. The van der Waals surface area contributed by atoms with Crippen LogP contribution in [-0.4, -0.2) is 30.4 Å². The van der Waals surface area contributed by atoms with Crippen molar-refractivity contribution >= 4 is 27.3 Å². The number of rotatable bonds is 6. The van der Waals surface area contributed by atoms with Gasteiger partial charge in [-0.05, 0) is 35.3 Å². The summed E-state index contributed by atoms with van der Waals surface area (Å²) in [6, 6.07) is 0. The molecule has 15 heavy (non-hydrogen) atoms. The van der Waals surface area contributed by atoms with Gasteiger partial charge in [0.1, 0.15) is 10.2 Å². The van der Waals surface area contributed by atoms with E-state index in [2.05, 4.69) is 20.9 Å². The zero-order valence-electron chi connectivity index (χ0n) is 8.57. The highest BCUT2D eigenvalue weighted by Crippen LogP contribution is 2.34. The van der Waals surface area contributed by atoms with Crippen molar-refractivity contribution < 1.29 is 9.84 Å². The van der Waals surface area contributed by atoms with E-state index in [9.17, 15) is 5.11 Å². The number of nitrogens with two attached hydrogens (primary N) is 1. The molecule has 0 aliphatic heterocycles. The molecule has 0 bridgehead atoms. The van der Waals surface area contributed by atoms with E-state index >= 15 is 0 Å². The van der Waals surface area contributed by atoms with Crippen molar-refractivity contribution in [2.45, 2.75) is 18.4 Å². The van der Waals surface area contributed by atoms with E-state index in [1.54, 1.807) is 12.6 Å². The second-order valence-corrected chi connectivity index (χ2v) is 4.94. The first-order valence-electron chi connectivity index (χ1n) is 4.65. The predicted octanol–water partition coefficient (Wildman–Crippen LogP) is 1.48. The molecule has 1 rings (SSSR count). The van der Waals surface area contributed by atoms with Gasteiger partial charge in [-0.1, -0.05) is 0 Å². The first kappa shape index (κ1) is 13.1. The highest BCUT2D eigenvalue weighted by atomic mass is 79.9. The van der Waals surface area contributed by atoms with Gasteiger partial charge in [0.15, 0.2) is 0 Å². The topological polar surface area (TPSA) is 68.4 Å². The van der Waals surface area contributed by atoms with Crippen LogP contribution >= 0.6 is 27.3 Å². The molecule has 86 valence electrons. The molecule has 0 aliphatic carbocycles. The van der Waals surface area contributed by atoms with Crippen LogP contribution in [0.25, 0.3) is 0 Å². The molecule has 0 aromatic carbocycles. The maximum Gasteiger partial charge on any atom is 0.125 e. The normalized spacial score (nSPS) is 15.2. The van der Waals surface area contributed by atoms with E-state index < -0.39 is 5.60 Å². The van der Waals surface area contributed by atoms with E-state index in [1.165, 1.54) is 11.3 Å². The number of halogens is 1. The quantitative estimate of drug-likeness (QED) is 0.834. The van der Waals surface area contributed by atoms with Crippen LogP contribution in [0.2, 0.25) is 0 Å². The second kappa shape index (κ2) is 5.91. The fourth-order valence-corrected chi connectivity index (χ4v) is 3.10. The number of hydrogen-bond donors (Lipinski definition) is 2. The minimum absolute atomic E-state index is 0.258. The third-order valence-electron chi connectivity index (χ3n) is 2.12. The van der Waals surface area contributed by atoms with E-state index in [0.29, 0.717) is 17.6 Å². The van der Waals surface area contributed by atoms with Crippen LogP contribution in [0.1, 0.15) is 17.7 Å². The van der Waals surface area contributed by atoms with Crippen LogP contribution in [0.4, 0.5) is 0 Å². The average molecular weight is 295 g/mol. The molecule has 1 aromatic rings. The molecule has 1 aromatic heterocycles. The predicted molar refractivity (Wildman–Crippen MR) is 63.9 cm³/mol. The van der Waals surface area contributed by atoms with Gasteiger partial charge in [0.05, 0.1) is 17.0 Å². The maximum absolute atomic E-state index is 10.4. The first-order chi connectivity index (χ1) is 7.14. The third-order valence-corrected chi connectivity index (χ3v) is 4.01. The Labute approximate surface area is 102 Å². The van der Waals surface area contributed by atoms with Crippen LogP contribution in [-0.2, 0) is 10.3 Å². The van der Waals surface area contributed by atoms with Crippen LogP contribution in [0.3, 0.4) is 0 Å². The number of methoxy groups -OCH3 is 1. The fourth-order valence-electron chi connectivity index (χ4n) is 1.42. The van der Waals surface area contributed by atoms with E-state index in [-0.39, 0.29) is 6.61 Å². The molecule has 0 fully saturated rings. The van der Waals surface area contributed by atoms with E-state index in [1.807, 2.05) is 0 Å². The molecular formula is C9H15BrN2O2S. The van der Waals surface area contributed by atoms with Crippen molar-refractivity contribution in [3.05, 3.63) is 15.0 Å². The van der Waals surface area contributed by atoms with Crippen LogP contribution in [0.15, 0.2) is 10.1 Å². The monoisotopic (exact) mass is 294 g/mol. The Bertz CT molecular complexity index is 308. The van der Waals surface area contributed by atoms with Crippen molar-refractivity contribution in [2.24, 2.45) is 5.73 Å². The maximum atomic E-state index is 10.4. The van der Waals surface area contributed by atoms with E-state index in [4.69, 9.17) is 10.5 Å². The number of hydrogen-bond acceptors (Lipinski definition) is 5. The summed E-state index contributed by atoms with van der Waals surface area (Å²) in [5.74, 6) is 0. The number of ether oxygens (including phenoxy) is 1. The molecule has 4 nitrogen and oxygen atoms in total. The van der Waals surface area contributed by atoms with Crippen molar-refractivity contribution in [1.29, 1.82) is 0 Å². The summed E-state index contributed by atoms with van der Waals surface area (Å²) in [6.45, 7) is 0.816. The fraction of sp³-hybridized carbons (Fsp3) is 0.667. The van der Waals surface area contributed by atoms with Gasteiger partial charge in [-0.3, -0.25) is 0 Å². The molecule has 0 amide bonds. The molecule has 1 atom stereocenters. The summed E-state index contributed by atoms with van der Waals surface area (Å²) in [5, 5.41) is 10.4. The Morgan fingerprint density at radius 1 is 1.73 bits per heavy atom. The lowest BCUT2D eigenvalue weighted by Gasteiger charge is -2.26. The lowest BCUT2D eigenvalue weighted by atomic mass is 9.97. The van der Waals surface area contributed by atoms with Crippen molar-refractivity contribution in [3.8, 4) is 0 Å². The van der Waals surface area contributed by atoms with E-state index in [0.717, 1.165) is 11.3 Å². The molecule has 3 N–H and O–H groups in total. The Morgan fingerprint density at radius 2 is 2.47 bits per heavy atom. The number of aromatic nitrogens is 1. The van der Waals surface area contributed by atoms with Gasteiger partial charge in [0.25, 0.3) is 0 Å². The summed E-state index contributed by atoms with van der Waals surface area (Å²) in [6.07, 6.45) is 1.34. The standard InChI is InChI=1S/C9H15BrN2O2S/c1-14-5-9(13,3-2-4-11)7-8(10)12-6-15-7/h6,13H,2-5,11H2,1H3. The van der Waals surface area contributed by atoms with Crippen molar-refractivity contribution in [1.82, 2.24) is 4.98 Å². The number of aliphatic hydroxyl groups is 1. The number of nitrogens with zero attached hydrogens (tertiary/aromatic N) is 1. The SMILES string of the molecule is COCC(O)(CCCN)c1scnc1Br. The van der Waals surface area contributed by atoms with Crippen LogP contribution in [0.5, 0.6) is 0 Å². The summed E-state index contributed by atoms with van der Waals surface area (Å²) in [5.41, 5.74) is 6.17. The summed E-state index contributed by atoms with van der Waals surface area (Å²) < 4.78 is 5.73. The van der Waals surface area contributed by atoms with Crippen molar-refractivity contribution in [2.75, 3.05) is 20.3 Å². The highest BCUT2D eigenvalue weighted by Gasteiger charge is 2.32. The minimum atomic E-state index is -0.978. The Kier molecular flexibility index (Phi) is 5.14. The van der Waals surface area contributed by atoms with Gasteiger partial charge in [-0.15, -0.1) is 11.3 Å². The Morgan fingerprint density at radius 3 is 2.93 bits per heavy atom. The average Bonchev–Trinajstić information content (AvgIpc) is 2.62. The summed E-state index contributed by atoms with van der Waals surface area (Å²) in [7, 11) is 1.57. The third kappa shape index (κ3) is 3.22. The molecular weight excluding hydrogens is 280 g/mol. The zero-order valence-corrected chi connectivity index (χ0v) is 11.0. The van der Waals surface area contributed by atoms with Gasteiger partial charge in [-0.2, -0.15) is 0 Å². The van der Waals surface area contributed by atoms with Gasteiger partial charge >= 0.3 is 0 Å². The molecule has 0 spiro atoms. The summed E-state index contributed by atoms with van der Waals surface area (Å²) >= 11 is 4.73. The zero-order chi connectivity index (χ0) is 11.3. The number of thiazole rings is 1. The summed E-state index contributed by atoms with van der Waals surface area (Å²) in [4.78, 5) is 4.86. The molecule has 0 radical (unpaired) electrons. The van der Waals surface area contributed by atoms with Crippen LogP contribution in [0, 0.1) is 0 Å². The molecule has 1 heterocycles. The lowest BCUT2D eigenvalue weighted by molar-refractivity contribution is -0.0408. The smallest absolute Gasteiger partial charge is 0.125 e. The van der Waals surface area contributed by atoms with Gasteiger partial charge in [0, 0.05) is 7.11 Å². The van der Waals surface area contributed by atoms with Gasteiger partial charge in [-0.25, -0.2) is 4.98 Å². The highest BCUT2D eigenvalue weighted by molar-refractivity contribution is 9.10. The van der Waals surface area contributed by atoms with Gasteiger partial charge < -0.3 is 15.6 Å². The molecule has 1 unspecified atom stereocenters. The van der Waals surface area contributed by atoms with Crippen LogP contribution < -0.4 is 5.73 Å². The lowest BCUT2D eigenvalue weighted by Crippen LogP contribution is -2.31. The first-order valence-corrected chi connectivity index (χ1v) is 6.32. The Hall–Kier alpha value is -0.0100. The molecule has 0 aliphatic rings.